The maximum absolute atomic E-state index is 11.4. The summed E-state index contributed by atoms with van der Waals surface area (Å²) in [5.41, 5.74) is 0. The molecule has 0 spiro atoms. The van der Waals surface area contributed by atoms with E-state index >= 15 is 0 Å². The van der Waals surface area contributed by atoms with Crippen molar-refractivity contribution in [3.05, 3.63) is 11.8 Å². The molecule has 0 aromatic carbocycles. The van der Waals surface area contributed by atoms with Gasteiger partial charge in [-0.2, -0.15) is 0 Å². The van der Waals surface area contributed by atoms with Gasteiger partial charge in [-0.3, -0.25) is 4.79 Å². The summed E-state index contributed by atoms with van der Waals surface area (Å²) in [6.07, 6.45) is 0.944. The molecule has 0 aliphatic carbocycles. The molecule has 80 valence electrons. The quantitative estimate of drug-likeness (QED) is 0.662. The number of methoxy groups -OCH3 is 3. The van der Waals surface area contributed by atoms with Gasteiger partial charge in [-0.25, -0.2) is 0 Å². The Morgan fingerprint density at radius 2 is 2.14 bits per heavy atom. The molecule has 1 rings (SSSR count). The number of hydrogen-bond acceptors (Lipinski definition) is 5. The first kappa shape index (κ1) is 11.2. The van der Waals surface area contributed by atoms with E-state index in [2.05, 4.69) is 0 Å². The van der Waals surface area contributed by atoms with Gasteiger partial charge in [-0.05, 0) is 0 Å². The van der Waals surface area contributed by atoms with E-state index in [1.165, 1.54) is 28.3 Å². The molecule has 2 atom stereocenters. The lowest BCUT2D eigenvalue weighted by Gasteiger charge is -2.26. The summed E-state index contributed by atoms with van der Waals surface area (Å²) in [5.74, 6) is -1.41. The standard InChI is InChI=1S/C9H14O5/c1-6(10)9(13-4)7(11-2)5-8(12-3)14-9/h5,8H,1-4H3. The number of ether oxygens (including phenoxy) is 4. The number of hydrogen-bond donors (Lipinski definition) is 0. The number of Topliss-reactive ketones (excluding diaryl/α,β-unsaturated/α-hetero) is 1. The van der Waals surface area contributed by atoms with E-state index in [-0.39, 0.29) is 5.78 Å². The fourth-order valence-corrected chi connectivity index (χ4v) is 1.36. The molecule has 14 heavy (non-hydrogen) atoms. The van der Waals surface area contributed by atoms with Gasteiger partial charge in [0.15, 0.2) is 17.8 Å². The molecule has 0 fully saturated rings. The Balaban J connectivity index is 2.99. The molecule has 0 amide bonds. The molecule has 0 bridgehead atoms. The van der Waals surface area contributed by atoms with Gasteiger partial charge in [0.05, 0.1) is 7.11 Å². The van der Waals surface area contributed by atoms with Crippen LogP contribution in [0.15, 0.2) is 11.8 Å². The van der Waals surface area contributed by atoms with Crippen molar-refractivity contribution in [1.82, 2.24) is 0 Å². The van der Waals surface area contributed by atoms with Crippen molar-refractivity contribution in [3.63, 3.8) is 0 Å². The van der Waals surface area contributed by atoms with Crippen LogP contribution in [-0.2, 0) is 23.7 Å². The molecule has 1 aliphatic heterocycles. The highest BCUT2D eigenvalue weighted by Gasteiger charge is 2.49. The molecule has 0 aromatic heterocycles. The van der Waals surface area contributed by atoms with Gasteiger partial charge >= 0.3 is 0 Å². The van der Waals surface area contributed by atoms with Crippen LogP contribution in [-0.4, -0.2) is 39.2 Å². The molecule has 5 heteroatoms. The molecular formula is C9H14O5. The zero-order chi connectivity index (χ0) is 10.8. The molecule has 1 heterocycles. The number of carbonyl (C=O) groups excluding carboxylic acids is 1. The smallest absolute Gasteiger partial charge is 0.291 e. The molecular weight excluding hydrogens is 188 g/mol. The molecule has 0 saturated heterocycles. The van der Waals surface area contributed by atoms with Crippen molar-refractivity contribution < 1.29 is 23.7 Å². The first-order valence-electron chi connectivity index (χ1n) is 4.13. The molecule has 0 N–H and O–H groups in total. The number of carbonyl (C=O) groups is 1. The zero-order valence-corrected chi connectivity index (χ0v) is 8.70. The second kappa shape index (κ2) is 4.08. The molecule has 0 saturated carbocycles. The minimum absolute atomic E-state index is 0.285. The fraction of sp³-hybridized carbons (Fsp3) is 0.667. The van der Waals surface area contributed by atoms with Gasteiger partial charge < -0.3 is 18.9 Å². The van der Waals surface area contributed by atoms with Crippen molar-refractivity contribution in [2.75, 3.05) is 21.3 Å². The maximum atomic E-state index is 11.4. The van der Waals surface area contributed by atoms with Crippen LogP contribution in [0.4, 0.5) is 0 Å². The van der Waals surface area contributed by atoms with Crippen molar-refractivity contribution in [3.8, 4) is 0 Å². The third kappa shape index (κ3) is 1.54. The zero-order valence-electron chi connectivity index (χ0n) is 8.70. The van der Waals surface area contributed by atoms with Crippen LogP contribution in [0.5, 0.6) is 0 Å². The van der Waals surface area contributed by atoms with E-state index in [9.17, 15) is 4.79 Å². The highest BCUT2D eigenvalue weighted by molar-refractivity contribution is 5.87. The van der Waals surface area contributed by atoms with Crippen LogP contribution >= 0.6 is 0 Å². The summed E-state index contributed by atoms with van der Waals surface area (Å²) < 4.78 is 20.3. The predicted octanol–water partition coefficient (Wildman–Crippen LogP) is 0.451. The minimum atomic E-state index is -1.45. The van der Waals surface area contributed by atoms with Gasteiger partial charge in [-0.15, -0.1) is 0 Å². The van der Waals surface area contributed by atoms with Crippen molar-refractivity contribution >= 4 is 5.78 Å². The van der Waals surface area contributed by atoms with Crippen LogP contribution in [0.25, 0.3) is 0 Å². The Labute approximate surface area is 82.6 Å². The van der Waals surface area contributed by atoms with E-state index in [1.54, 1.807) is 6.08 Å². The summed E-state index contributed by atoms with van der Waals surface area (Å²) in [7, 11) is 4.30. The van der Waals surface area contributed by atoms with Crippen LogP contribution in [0.2, 0.25) is 0 Å². The highest BCUT2D eigenvalue weighted by atomic mass is 16.8. The molecule has 5 nitrogen and oxygen atoms in total. The lowest BCUT2D eigenvalue weighted by molar-refractivity contribution is -0.245. The van der Waals surface area contributed by atoms with E-state index in [1.807, 2.05) is 0 Å². The molecule has 0 radical (unpaired) electrons. The van der Waals surface area contributed by atoms with E-state index in [0.29, 0.717) is 5.76 Å². The Morgan fingerprint density at radius 1 is 1.50 bits per heavy atom. The number of ketones is 1. The summed E-state index contributed by atoms with van der Waals surface area (Å²) in [6.45, 7) is 1.37. The first-order valence-corrected chi connectivity index (χ1v) is 4.13. The average molecular weight is 202 g/mol. The summed E-state index contributed by atoms with van der Waals surface area (Å²) in [4.78, 5) is 11.4. The summed E-state index contributed by atoms with van der Waals surface area (Å²) >= 11 is 0. The largest absolute Gasteiger partial charge is 0.495 e. The minimum Gasteiger partial charge on any atom is -0.495 e. The second-order valence-electron chi connectivity index (χ2n) is 2.83. The second-order valence-corrected chi connectivity index (χ2v) is 2.83. The lowest BCUT2D eigenvalue weighted by Crippen LogP contribution is -2.43. The van der Waals surface area contributed by atoms with Crippen molar-refractivity contribution in [1.29, 1.82) is 0 Å². The van der Waals surface area contributed by atoms with E-state index in [4.69, 9.17) is 18.9 Å². The molecule has 0 aromatic rings. The Kier molecular flexibility index (Phi) is 3.25. The van der Waals surface area contributed by atoms with Crippen LogP contribution < -0.4 is 0 Å². The monoisotopic (exact) mass is 202 g/mol. The van der Waals surface area contributed by atoms with Crippen LogP contribution in [0, 0.1) is 0 Å². The van der Waals surface area contributed by atoms with Gasteiger partial charge in [0, 0.05) is 27.2 Å². The van der Waals surface area contributed by atoms with Crippen LogP contribution in [0.3, 0.4) is 0 Å². The Bertz CT molecular complexity index is 260. The third-order valence-electron chi connectivity index (χ3n) is 2.10. The number of rotatable bonds is 4. The summed E-state index contributed by atoms with van der Waals surface area (Å²) in [6, 6.07) is 0. The third-order valence-corrected chi connectivity index (χ3v) is 2.10. The average Bonchev–Trinajstić information content (AvgIpc) is 2.56. The first-order chi connectivity index (χ1) is 6.60. The summed E-state index contributed by atoms with van der Waals surface area (Å²) in [5, 5.41) is 0. The van der Waals surface area contributed by atoms with Gasteiger partial charge in [-0.1, -0.05) is 0 Å². The molecule has 1 aliphatic rings. The topological polar surface area (TPSA) is 54.0 Å². The Morgan fingerprint density at radius 3 is 2.43 bits per heavy atom. The highest BCUT2D eigenvalue weighted by Crippen LogP contribution is 2.33. The van der Waals surface area contributed by atoms with Gasteiger partial charge in [0.25, 0.3) is 5.79 Å². The van der Waals surface area contributed by atoms with Crippen molar-refractivity contribution in [2.45, 2.75) is 19.0 Å². The lowest BCUT2D eigenvalue weighted by atomic mass is 10.1. The van der Waals surface area contributed by atoms with Crippen molar-refractivity contribution in [2.24, 2.45) is 0 Å². The molecule has 2 unspecified atom stereocenters. The maximum Gasteiger partial charge on any atom is 0.291 e. The SMILES string of the molecule is COC1=CC(OC)OC1(OC)C(C)=O. The normalized spacial score (nSPS) is 31.4. The van der Waals surface area contributed by atoms with Gasteiger partial charge in [0.1, 0.15) is 0 Å². The Hall–Kier alpha value is -0.910. The van der Waals surface area contributed by atoms with Crippen LogP contribution in [0.1, 0.15) is 6.92 Å². The fourth-order valence-electron chi connectivity index (χ4n) is 1.36. The van der Waals surface area contributed by atoms with E-state index < -0.39 is 12.1 Å². The van der Waals surface area contributed by atoms with Gasteiger partial charge in [0.2, 0.25) is 0 Å². The van der Waals surface area contributed by atoms with E-state index in [0.717, 1.165) is 0 Å². The predicted molar refractivity (Wildman–Crippen MR) is 47.4 cm³/mol.